The SMILES string of the molecule is CCOc1cc(Cc2ccc(C(=O)O)cc2)ccc1-c1nc2[nH]nnc2c(=O)[nH]1. The van der Waals surface area contributed by atoms with Crippen LogP contribution >= 0.6 is 0 Å². The van der Waals surface area contributed by atoms with Gasteiger partial charge < -0.3 is 14.8 Å². The van der Waals surface area contributed by atoms with Gasteiger partial charge in [-0.2, -0.15) is 0 Å². The largest absolute Gasteiger partial charge is 0.493 e. The van der Waals surface area contributed by atoms with Crippen LogP contribution in [0.3, 0.4) is 0 Å². The second kappa shape index (κ2) is 7.55. The minimum atomic E-state index is -0.953. The highest BCUT2D eigenvalue weighted by Crippen LogP contribution is 2.29. The van der Waals surface area contributed by atoms with Crippen LogP contribution in [0.5, 0.6) is 5.75 Å². The number of carboxylic acid groups (broad SMARTS) is 1. The normalized spacial score (nSPS) is 10.9. The van der Waals surface area contributed by atoms with Crippen LogP contribution in [0.2, 0.25) is 0 Å². The number of rotatable bonds is 6. The van der Waals surface area contributed by atoms with E-state index in [4.69, 9.17) is 9.84 Å². The molecule has 29 heavy (non-hydrogen) atoms. The number of carboxylic acids is 1. The summed E-state index contributed by atoms with van der Waals surface area (Å²) >= 11 is 0. The van der Waals surface area contributed by atoms with Crippen molar-refractivity contribution in [3.63, 3.8) is 0 Å². The predicted octanol–water partition coefficient (Wildman–Crippen LogP) is 2.40. The van der Waals surface area contributed by atoms with Gasteiger partial charge in [0.05, 0.1) is 17.7 Å². The summed E-state index contributed by atoms with van der Waals surface area (Å²) in [4.78, 5) is 30.3. The van der Waals surface area contributed by atoms with Gasteiger partial charge in [-0.1, -0.05) is 23.4 Å². The number of nitrogens with zero attached hydrogens (tertiary/aromatic N) is 3. The van der Waals surface area contributed by atoms with Crippen molar-refractivity contribution >= 4 is 17.1 Å². The number of ether oxygens (including phenoxy) is 1. The lowest BCUT2D eigenvalue weighted by Crippen LogP contribution is -2.10. The van der Waals surface area contributed by atoms with E-state index in [1.165, 1.54) is 0 Å². The van der Waals surface area contributed by atoms with Gasteiger partial charge in [-0.3, -0.25) is 4.79 Å². The lowest BCUT2D eigenvalue weighted by atomic mass is 10.0. The van der Waals surface area contributed by atoms with E-state index >= 15 is 0 Å². The molecule has 0 saturated heterocycles. The van der Waals surface area contributed by atoms with E-state index in [-0.39, 0.29) is 16.6 Å². The molecule has 0 saturated carbocycles. The first kappa shape index (κ1) is 18.4. The van der Waals surface area contributed by atoms with Crippen molar-refractivity contribution in [2.45, 2.75) is 13.3 Å². The molecule has 0 aliphatic rings. The standard InChI is InChI=1S/C20H17N5O4/c1-2-29-15-10-12(9-11-3-6-13(7-4-11)20(27)28)5-8-14(15)17-21-18-16(19(26)22-17)23-25-24-18/h3-8,10H,2,9H2,1H3,(H,27,28)(H2,21,22,23,24,25,26). The van der Waals surface area contributed by atoms with Crippen LogP contribution in [0, 0.1) is 0 Å². The zero-order valence-corrected chi connectivity index (χ0v) is 15.5. The molecule has 4 rings (SSSR count). The molecule has 2 heterocycles. The van der Waals surface area contributed by atoms with Gasteiger partial charge in [-0.05, 0) is 48.7 Å². The summed E-state index contributed by atoms with van der Waals surface area (Å²) in [5.74, 6) is -0.0121. The van der Waals surface area contributed by atoms with Crippen molar-refractivity contribution in [3.8, 4) is 17.1 Å². The average Bonchev–Trinajstić information content (AvgIpc) is 3.18. The Hall–Kier alpha value is -4.01. The number of benzene rings is 2. The maximum atomic E-state index is 12.2. The van der Waals surface area contributed by atoms with Crippen molar-refractivity contribution in [2.75, 3.05) is 6.61 Å². The predicted molar refractivity (Wildman–Crippen MR) is 105 cm³/mol. The fourth-order valence-corrected chi connectivity index (χ4v) is 3.04. The van der Waals surface area contributed by atoms with E-state index in [0.717, 1.165) is 11.1 Å². The Bertz CT molecular complexity index is 1240. The zero-order chi connectivity index (χ0) is 20.4. The molecule has 0 radical (unpaired) electrons. The molecule has 0 fully saturated rings. The minimum absolute atomic E-state index is 0.146. The summed E-state index contributed by atoms with van der Waals surface area (Å²) < 4.78 is 5.77. The minimum Gasteiger partial charge on any atom is -0.493 e. The molecule has 0 spiro atoms. The number of hydrogen-bond donors (Lipinski definition) is 3. The fraction of sp³-hybridized carbons (Fsp3) is 0.150. The highest BCUT2D eigenvalue weighted by molar-refractivity contribution is 5.87. The van der Waals surface area contributed by atoms with Crippen LogP contribution in [0.1, 0.15) is 28.4 Å². The zero-order valence-electron chi connectivity index (χ0n) is 15.5. The van der Waals surface area contributed by atoms with E-state index in [1.807, 2.05) is 25.1 Å². The van der Waals surface area contributed by atoms with Crippen molar-refractivity contribution in [3.05, 3.63) is 69.5 Å². The van der Waals surface area contributed by atoms with Gasteiger partial charge in [0, 0.05) is 0 Å². The Balaban J connectivity index is 1.69. The summed E-state index contributed by atoms with van der Waals surface area (Å²) in [5, 5.41) is 18.9. The quantitative estimate of drug-likeness (QED) is 0.459. The maximum absolute atomic E-state index is 12.2. The van der Waals surface area contributed by atoms with Gasteiger partial charge in [0.25, 0.3) is 5.56 Å². The van der Waals surface area contributed by atoms with Crippen LogP contribution in [0.15, 0.2) is 47.3 Å². The topological polar surface area (TPSA) is 134 Å². The van der Waals surface area contributed by atoms with E-state index in [9.17, 15) is 9.59 Å². The molecule has 0 aliphatic carbocycles. The first-order chi connectivity index (χ1) is 14.0. The van der Waals surface area contributed by atoms with Crippen LogP contribution in [0.25, 0.3) is 22.6 Å². The smallest absolute Gasteiger partial charge is 0.335 e. The molecule has 0 aliphatic heterocycles. The molecule has 9 nitrogen and oxygen atoms in total. The summed E-state index contributed by atoms with van der Waals surface area (Å²) in [6.45, 7) is 2.32. The summed E-state index contributed by atoms with van der Waals surface area (Å²) in [6, 6.07) is 12.4. The summed E-state index contributed by atoms with van der Waals surface area (Å²) in [6.07, 6.45) is 0.605. The number of aromatic carboxylic acids is 1. The first-order valence-corrected chi connectivity index (χ1v) is 8.94. The Morgan fingerprint density at radius 3 is 2.62 bits per heavy atom. The Labute approximate surface area is 164 Å². The number of aromatic nitrogens is 5. The Morgan fingerprint density at radius 2 is 1.90 bits per heavy atom. The third-order valence-corrected chi connectivity index (χ3v) is 4.41. The van der Waals surface area contributed by atoms with Crippen LogP contribution in [0.4, 0.5) is 0 Å². The molecule has 2 aromatic carbocycles. The summed E-state index contributed by atoms with van der Waals surface area (Å²) in [5.41, 5.74) is 2.91. The number of hydrogen-bond acceptors (Lipinski definition) is 6. The molecule has 9 heteroatoms. The second-order valence-corrected chi connectivity index (χ2v) is 6.37. The van der Waals surface area contributed by atoms with Crippen molar-refractivity contribution in [1.82, 2.24) is 25.4 Å². The first-order valence-electron chi connectivity index (χ1n) is 8.94. The lowest BCUT2D eigenvalue weighted by molar-refractivity contribution is 0.0697. The van der Waals surface area contributed by atoms with E-state index in [1.54, 1.807) is 24.3 Å². The van der Waals surface area contributed by atoms with Gasteiger partial charge in [0.2, 0.25) is 0 Å². The highest BCUT2D eigenvalue weighted by Gasteiger charge is 2.14. The van der Waals surface area contributed by atoms with Gasteiger partial charge in [0.1, 0.15) is 11.6 Å². The second-order valence-electron chi connectivity index (χ2n) is 6.37. The average molecular weight is 391 g/mol. The number of H-pyrrole nitrogens is 2. The number of nitrogens with one attached hydrogen (secondary N) is 2. The lowest BCUT2D eigenvalue weighted by Gasteiger charge is -2.12. The van der Waals surface area contributed by atoms with Crippen molar-refractivity contribution in [1.29, 1.82) is 0 Å². The molecule has 2 aromatic heterocycles. The highest BCUT2D eigenvalue weighted by atomic mass is 16.5. The van der Waals surface area contributed by atoms with Gasteiger partial charge in [-0.15, -0.1) is 5.10 Å². The molecule has 0 amide bonds. The van der Waals surface area contributed by atoms with Crippen LogP contribution in [-0.4, -0.2) is 43.1 Å². The Morgan fingerprint density at radius 1 is 1.14 bits per heavy atom. The van der Waals surface area contributed by atoms with Gasteiger partial charge in [-0.25, -0.2) is 14.9 Å². The third kappa shape index (κ3) is 3.70. The van der Waals surface area contributed by atoms with Crippen LogP contribution < -0.4 is 10.3 Å². The van der Waals surface area contributed by atoms with E-state index in [0.29, 0.717) is 35.8 Å². The van der Waals surface area contributed by atoms with E-state index < -0.39 is 5.97 Å². The van der Waals surface area contributed by atoms with Gasteiger partial charge in [0.15, 0.2) is 11.2 Å². The van der Waals surface area contributed by atoms with Gasteiger partial charge >= 0.3 is 5.97 Å². The number of aromatic amines is 2. The molecule has 146 valence electrons. The monoisotopic (exact) mass is 391 g/mol. The third-order valence-electron chi connectivity index (χ3n) is 4.41. The molecule has 0 atom stereocenters. The molecule has 3 N–H and O–H groups in total. The number of carbonyl (C=O) groups is 1. The van der Waals surface area contributed by atoms with Crippen LogP contribution in [-0.2, 0) is 6.42 Å². The van der Waals surface area contributed by atoms with Crippen molar-refractivity contribution in [2.24, 2.45) is 0 Å². The molecular formula is C20H17N5O4. The number of fused-ring (bicyclic) bond motifs is 1. The summed E-state index contributed by atoms with van der Waals surface area (Å²) in [7, 11) is 0. The maximum Gasteiger partial charge on any atom is 0.335 e. The Kier molecular flexibility index (Phi) is 4.78. The molecular weight excluding hydrogens is 374 g/mol. The molecule has 4 aromatic rings. The molecule has 0 bridgehead atoms. The fourth-order valence-electron chi connectivity index (χ4n) is 3.04. The van der Waals surface area contributed by atoms with E-state index in [2.05, 4.69) is 25.4 Å². The molecule has 0 unspecified atom stereocenters. The van der Waals surface area contributed by atoms with Crippen molar-refractivity contribution < 1.29 is 14.6 Å².